The Balaban J connectivity index is 2.15. The molecule has 1 N–H and O–H groups in total. The molecule has 4 nitrogen and oxygen atoms in total. The number of carbonyl (C=O) groups is 2. The summed E-state index contributed by atoms with van der Waals surface area (Å²) in [5.74, 6) is 1.06. The van der Waals surface area contributed by atoms with E-state index in [4.69, 9.17) is 5.11 Å². The fourth-order valence-corrected chi connectivity index (χ4v) is 3.01. The molecule has 1 aliphatic rings. The molecule has 1 fully saturated rings. The maximum atomic E-state index is 12.3. The van der Waals surface area contributed by atoms with Crippen molar-refractivity contribution in [3.05, 3.63) is 41.0 Å². The summed E-state index contributed by atoms with van der Waals surface area (Å²) in [6.07, 6.45) is 2.65. The summed E-state index contributed by atoms with van der Waals surface area (Å²) in [5, 5.41) is 8.63. The molecule has 0 radical (unpaired) electrons. The molecule has 1 aromatic carbocycles. The summed E-state index contributed by atoms with van der Waals surface area (Å²) in [6, 6.07) is 5.38. The first-order chi connectivity index (χ1) is 9.58. The van der Waals surface area contributed by atoms with Crippen molar-refractivity contribution in [2.24, 2.45) is 0 Å². The van der Waals surface area contributed by atoms with Crippen LogP contribution in [0.5, 0.6) is 0 Å². The predicted molar refractivity (Wildman–Crippen MR) is 81.1 cm³/mol. The van der Waals surface area contributed by atoms with Gasteiger partial charge in [-0.1, -0.05) is 6.07 Å². The molecule has 20 heavy (non-hydrogen) atoms. The largest absolute Gasteiger partial charge is 0.478 e. The molecule has 0 spiro atoms. The van der Waals surface area contributed by atoms with Crippen molar-refractivity contribution < 1.29 is 14.7 Å². The number of carboxylic acid groups (broad SMARTS) is 1. The third-order valence-electron chi connectivity index (χ3n) is 3.22. The van der Waals surface area contributed by atoms with Crippen LogP contribution in [0.2, 0.25) is 0 Å². The van der Waals surface area contributed by atoms with Crippen LogP contribution in [-0.4, -0.2) is 46.5 Å². The van der Waals surface area contributed by atoms with Crippen molar-refractivity contribution in [3.63, 3.8) is 0 Å². The average Bonchev–Trinajstić information content (AvgIpc) is 2.46. The van der Waals surface area contributed by atoms with Gasteiger partial charge in [-0.05, 0) is 36.3 Å². The SMILES string of the molecule is Cc1cc(C(=O)N2CCSCC2)ccc1/C=C/C(=O)O. The molecule has 1 heterocycles. The summed E-state index contributed by atoms with van der Waals surface area (Å²) in [4.78, 5) is 24.7. The van der Waals surface area contributed by atoms with E-state index in [1.54, 1.807) is 18.2 Å². The second-order valence-corrected chi connectivity index (χ2v) is 5.87. The first-order valence-corrected chi connectivity index (χ1v) is 7.62. The maximum Gasteiger partial charge on any atom is 0.328 e. The number of nitrogens with zero attached hydrogens (tertiary/aromatic N) is 1. The van der Waals surface area contributed by atoms with E-state index in [1.807, 2.05) is 29.7 Å². The standard InChI is InChI=1S/C15H17NO3S/c1-11-10-13(3-2-12(11)4-5-14(17)18)15(19)16-6-8-20-9-7-16/h2-5,10H,6-9H2,1H3,(H,17,18)/b5-4+. The smallest absolute Gasteiger partial charge is 0.328 e. The van der Waals surface area contributed by atoms with Gasteiger partial charge in [0.15, 0.2) is 0 Å². The molecule has 0 atom stereocenters. The summed E-state index contributed by atoms with van der Waals surface area (Å²) in [7, 11) is 0. The molecule has 0 aromatic heterocycles. The van der Waals surface area contributed by atoms with Crippen LogP contribution in [0.4, 0.5) is 0 Å². The molecule has 0 bridgehead atoms. The van der Waals surface area contributed by atoms with Gasteiger partial charge < -0.3 is 10.0 Å². The van der Waals surface area contributed by atoms with Gasteiger partial charge in [-0.15, -0.1) is 0 Å². The first kappa shape index (κ1) is 14.7. The van der Waals surface area contributed by atoms with Crippen LogP contribution in [0.15, 0.2) is 24.3 Å². The van der Waals surface area contributed by atoms with Crippen molar-refractivity contribution in [2.75, 3.05) is 24.6 Å². The highest BCUT2D eigenvalue weighted by atomic mass is 32.2. The lowest BCUT2D eigenvalue weighted by molar-refractivity contribution is -0.131. The Labute approximate surface area is 122 Å². The van der Waals surface area contributed by atoms with Crippen LogP contribution >= 0.6 is 11.8 Å². The Morgan fingerprint density at radius 3 is 2.60 bits per heavy atom. The molecule has 5 heteroatoms. The van der Waals surface area contributed by atoms with Crippen LogP contribution in [0.25, 0.3) is 6.08 Å². The highest BCUT2D eigenvalue weighted by Crippen LogP contribution is 2.17. The van der Waals surface area contributed by atoms with E-state index < -0.39 is 5.97 Å². The van der Waals surface area contributed by atoms with Gasteiger partial charge in [-0.2, -0.15) is 11.8 Å². The number of hydrogen-bond donors (Lipinski definition) is 1. The lowest BCUT2D eigenvalue weighted by Crippen LogP contribution is -2.37. The molecule has 0 unspecified atom stereocenters. The van der Waals surface area contributed by atoms with Crippen molar-refractivity contribution in [1.82, 2.24) is 4.90 Å². The van der Waals surface area contributed by atoms with E-state index in [1.165, 1.54) is 0 Å². The monoisotopic (exact) mass is 291 g/mol. The normalized spacial score (nSPS) is 15.6. The second-order valence-electron chi connectivity index (χ2n) is 4.65. The minimum atomic E-state index is -0.977. The number of aryl methyl sites for hydroxylation is 1. The zero-order chi connectivity index (χ0) is 14.5. The highest BCUT2D eigenvalue weighted by molar-refractivity contribution is 7.99. The predicted octanol–water partition coefficient (Wildman–Crippen LogP) is 2.28. The van der Waals surface area contributed by atoms with Gasteiger partial charge in [-0.3, -0.25) is 4.79 Å². The molecule has 1 amide bonds. The topological polar surface area (TPSA) is 57.6 Å². The third kappa shape index (κ3) is 3.63. The highest BCUT2D eigenvalue weighted by Gasteiger charge is 2.18. The van der Waals surface area contributed by atoms with Gasteiger partial charge in [0.25, 0.3) is 5.91 Å². The number of benzene rings is 1. The van der Waals surface area contributed by atoms with Crippen LogP contribution < -0.4 is 0 Å². The summed E-state index contributed by atoms with van der Waals surface area (Å²) in [6.45, 7) is 3.47. The Hall–Kier alpha value is -1.75. The molecule has 0 aliphatic carbocycles. The van der Waals surface area contributed by atoms with Crippen molar-refractivity contribution in [2.45, 2.75) is 6.92 Å². The number of carboxylic acids is 1. The van der Waals surface area contributed by atoms with Crippen molar-refractivity contribution >= 4 is 29.7 Å². The molecule has 2 rings (SSSR count). The van der Waals surface area contributed by atoms with Crippen LogP contribution in [0.3, 0.4) is 0 Å². The number of hydrogen-bond acceptors (Lipinski definition) is 3. The number of thioether (sulfide) groups is 1. The maximum absolute atomic E-state index is 12.3. The Kier molecular flexibility index (Phi) is 4.84. The van der Waals surface area contributed by atoms with Crippen LogP contribution in [0, 0.1) is 6.92 Å². The van der Waals surface area contributed by atoms with E-state index in [9.17, 15) is 9.59 Å². The fraction of sp³-hybridized carbons (Fsp3) is 0.333. The van der Waals surface area contributed by atoms with Gasteiger partial charge in [-0.25, -0.2) is 4.79 Å². The van der Waals surface area contributed by atoms with E-state index >= 15 is 0 Å². The number of rotatable bonds is 3. The Morgan fingerprint density at radius 1 is 1.30 bits per heavy atom. The Bertz CT molecular complexity index is 548. The zero-order valence-corrected chi connectivity index (χ0v) is 12.2. The van der Waals surface area contributed by atoms with Gasteiger partial charge in [0.05, 0.1) is 0 Å². The second kappa shape index (κ2) is 6.61. The number of carbonyl (C=O) groups excluding carboxylic acids is 1. The summed E-state index contributed by atoms with van der Waals surface area (Å²) < 4.78 is 0. The molecular weight excluding hydrogens is 274 g/mol. The van der Waals surface area contributed by atoms with E-state index in [2.05, 4.69) is 0 Å². The van der Waals surface area contributed by atoms with Gasteiger partial charge >= 0.3 is 5.97 Å². The van der Waals surface area contributed by atoms with Gasteiger partial charge in [0.1, 0.15) is 0 Å². The van der Waals surface area contributed by atoms with E-state index in [0.717, 1.165) is 41.8 Å². The van der Waals surface area contributed by atoms with Gasteiger partial charge in [0, 0.05) is 36.2 Å². The van der Waals surface area contributed by atoms with Crippen molar-refractivity contribution in [1.29, 1.82) is 0 Å². The van der Waals surface area contributed by atoms with Crippen LogP contribution in [-0.2, 0) is 4.79 Å². The zero-order valence-electron chi connectivity index (χ0n) is 11.3. The van der Waals surface area contributed by atoms with E-state index in [0.29, 0.717) is 5.56 Å². The Morgan fingerprint density at radius 2 is 2.00 bits per heavy atom. The summed E-state index contributed by atoms with van der Waals surface area (Å²) >= 11 is 1.87. The van der Waals surface area contributed by atoms with Gasteiger partial charge in [0.2, 0.25) is 0 Å². The van der Waals surface area contributed by atoms with Crippen LogP contribution in [0.1, 0.15) is 21.5 Å². The molecule has 0 saturated carbocycles. The quantitative estimate of drug-likeness (QED) is 0.868. The first-order valence-electron chi connectivity index (χ1n) is 6.46. The third-order valence-corrected chi connectivity index (χ3v) is 4.16. The summed E-state index contributed by atoms with van der Waals surface area (Å²) in [5.41, 5.74) is 2.39. The molecule has 1 saturated heterocycles. The minimum Gasteiger partial charge on any atom is -0.478 e. The fourth-order valence-electron chi connectivity index (χ4n) is 2.11. The molecule has 106 valence electrons. The lowest BCUT2D eigenvalue weighted by Gasteiger charge is -2.26. The average molecular weight is 291 g/mol. The minimum absolute atomic E-state index is 0.0576. The molecule has 1 aliphatic heterocycles. The molecular formula is C15H17NO3S. The number of aliphatic carboxylic acids is 1. The van der Waals surface area contributed by atoms with E-state index in [-0.39, 0.29) is 5.91 Å². The molecule has 1 aromatic rings. The lowest BCUT2D eigenvalue weighted by atomic mass is 10.0. The van der Waals surface area contributed by atoms with Crippen molar-refractivity contribution in [3.8, 4) is 0 Å². The number of amides is 1.